The third-order valence-electron chi connectivity index (χ3n) is 5.18. The van der Waals surface area contributed by atoms with Crippen LogP contribution in [0.1, 0.15) is 31.9 Å². The number of rotatable bonds is 5. The number of piperidine rings is 1. The molecule has 0 aliphatic carbocycles. The number of fused-ring (bicyclic) bond motifs is 1. The molecule has 3 aromatic rings. The number of nitrogens with one attached hydrogen (secondary N) is 2. The van der Waals surface area contributed by atoms with Crippen molar-refractivity contribution in [2.45, 2.75) is 33.1 Å². The number of pyridine rings is 1. The predicted molar refractivity (Wildman–Crippen MR) is 121 cm³/mol. The Morgan fingerprint density at radius 1 is 1.10 bits per heavy atom. The van der Waals surface area contributed by atoms with Gasteiger partial charge in [0, 0.05) is 18.7 Å². The Morgan fingerprint density at radius 2 is 1.90 bits per heavy atom. The number of carbonyl (C=O) groups is 2. The number of nitrogens with zero attached hydrogens (tertiary/aromatic N) is 3. The number of carbonyl (C=O) groups excluding carboxylic acids is 2. The van der Waals surface area contributed by atoms with E-state index in [9.17, 15) is 9.59 Å². The van der Waals surface area contributed by atoms with E-state index in [1.54, 1.807) is 0 Å². The minimum Gasteiger partial charge on any atom is -0.323 e. The highest BCUT2D eigenvalue weighted by Crippen LogP contribution is 2.31. The normalized spacial score (nSPS) is 14.6. The molecule has 2 aromatic heterocycles. The van der Waals surface area contributed by atoms with Crippen molar-refractivity contribution in [1.29, 1.82) is 0 Å². The van der Waals surface area contributed by atoms with Crippen LogP contribution in [0.3, 0.4) is 0 Å². The van der Waals surface area contributed by atoms with E-state index < -0.39 is 0 Å². The highest BCUT2D eigenvalue weighted by molar-refractivity contribution is 7.22. The van der Waals surface area contributed by atoms with Crippen LogP contribution in [0, 0.1) is 6.92 Å². The molecule has 1 aliphatic rings. The van der Waals surface area contributed by atoms with Gasteiger partial charge >= 0.3 is 0 Å². The summed E-state index contributed by atoms with van der Waals surface area (Å²) in [5.41, 5.74) is 4.27. The summed E-state index contributed by atoms with van der Waals surface area (Å²) in [5, 5.41) is 6.35. The molecular formula is C22H25N5O2S. The molecule has 8 heteroatoms. The molecule has 0 spiro atoms. The lowest BCUT2D eigenvalue weighted by Crippen LogP contribution is -2.36. The average molecular weight is 424 g/mol. The van der Waals surface area contributed by atoms with E-state index in [2.05, 4.69) is 25.5 Å². The van der Waals surface area contributed by atoms with Gasteiger partial charge in [-0.2, -0.15) is 0 Å². The molecule has 0 atom stereocenters. The molecule has 0 unspecified atom stereocenters. The van der Waals surface area contributed by atoms with Gasteiger partial charge in [0.15, 0.2) is 5.13 Å². The number of hydrogen-bond acceptors (Lipinski definition) is 6. The Labute approximate surface area is 179 Å². The molecule has 1 fully saturated rings. The van der Waals surface area contributed by atoms with E-state index in [4.69, 9.17) is 0 Å². The van der Waals surface area contributed by atoms with Crippen LogP contribution in [0.2, 0.25) is 0 Å². The Balaban J connectivity index is 1.53. The van der Waals surface area contributed by atoms with E-state index in [1.807, 2.05) is 37.4 Å². The first kappa shape index (κ1) is 20.4. The third-order valence-corrected chi connectivity index (χ3v) is 6.12. The smallest absolute Gasteiger partial charge is 0.238 e. The van der Waals surface area contributed by atoms with Crippen molar-refractivity contribution in [3.63, 3.8) is 0 Å². The van der Waals surface area contributed by atoms with Crippen molar-refractivity contribution in [2.24, 2.45) is 0 Å². The van der Waals surface area contributed by atoms with Gasteiger partial charge in [0.1, 0.15) is 0 Å². The van der Waals surface area contributed by atoms with Crippen molar-refractivity contribution < 1.29 is 9.59 Å². The van der Waals surface area contributed by atoms with Crippen LogP contribution >= 0.6 is 11.3 Å². The largest absolute Gasteiger partial charge is 0.323 e. The molecule has 0 saturated carbocycles. The van der Waals surface area contributed by atoms with Gasteiger partial charge in [-0.1, -0.05) is 23.8 Å². The molecule has 0 radical (unpaired) electrons. The van der Waals surface area contributed by atoms with E-state index in [0.29, 0.717) is 11.7 Å². The summed E-state index contributed by atoms with van der Waals surface area (Å²) in [5.74, 6) is -0.140. The number of benzene rings is 1. The van der Waals surface area contributed by atoms with Gasteiger partial charge in [-0.05, 0) is 56.6 Å². The van der Waals surface area contributed by atoms with Crippen molar-refractivity contribution >= 4 is 44.2 Å². The maximum atomic E-state index is 12.5. The second-order valence-corrected chi connectivity index (χ2v) is 8.66. The Hall–Kier alpha value is -2.84. The summed E-state index contributed by atoms with van der Waals surface area (Å²) in [7, 11) is 0. The topological polar surface area (TPSA) is 87.2 Å². The van der Waals surface area contributed by atoms with Gasteiger partial charge < -0.3 is 10.6 Å². The summed E-state index contributed by atoms with van der Waals surface area (Å²) >= 11 is 1.43. The maximum Gasteiger partial charge on any atom is 0.238 e. The van der Waals surface area contributed by atoms with Crippen molar-refractivity contribution in [3.8, 4) is 11.1 Å². The molecule has 7 nitrogen and oxygen atoms in total. The van der Waals surface area contributed by atoms with E-state index >= 15 is 0 Å². The van der Waals surface area contributed by atoms with Crippen LogP contribution < -0.4 is 10.6 Å². The number of aryl methyl sites for hydroxylation is 1. The number of anilines is 2. The zero-order valence-electron chi connectivity index (χ0n) is 17.2. The lowest BCUT2D eigenvalue weighted by atomic mass is 10.1. The van der Waals surface area contributed by atoms with Gasteiger partial charge in [0.25, 0.3) is 0 Å². The fourth-order valence-corrected chi connectivity index (χ4v) is 4.59. The molecule has 3 heterocycles. The number of aromatic nitrogens is 2. The Kier molecular flexibility index (Phi) is 6.06. The minimum absolute atomic E-state index is 0.00296. The summed E-state index contributed by atoms with van der Waals surface area (Å²) in [6.45, 7) is 5.76. The number of likely N-dealkylation sites (tertiary alicyclic amines) is 1. The molecule has 1 aliphatic heterocycles. The number of thiazole rings is 1. The quantitative estimate of drug-likeness (QED) is 0.646. The van der Waals surface area contributed by atoms with E-state index in [1.165, 1.54) is 24.7 Å². The van der Waals surface area contributed by atoms with Crippen LogP contribution in [-0.4, -0.2) is 46.3 Å². The number of amides is 2. The molecule has 4 rings (SSSR count). The highest BCUT2D eigenvalue weighted by atomic mass is 32.1. The Morgan fingerprint density at radius 3 is 2.67 bits per heavy atom. The maximum absolute atomic E-state index is 12.5. The van der Waals surface area contributed by atoms with Crippen molar-refractivity contribution in [1.82, 2.24) is 14.9 Å². The summed E-state index contributed by atoms with van der Waals surface area (Å²) < 4.78 is 0.979. The summed E-state index contributed by atoms with van der Waals surface area (Å²) in [6.07, 6.45) is 5.38. The number of hydrogen-bond donors (Lipinski definition) is 2. The molecule has 30 heavy (non-hydrogen) atoms. The molecule has 2 N–H and O–H groups in total. The molecule has 1 aromatic carbocycles. The van der Waals surface area contributed by atoms with Crippen LogP contribution in [-0.2, 0) is 9.59 Å². The SMILES string of the molecule is CC(=O)Nc1nc2ccc(-c3cnc(C)c(NC(=O)CN4CCCCC4)c3)cc2s1. The standard InChI is InChI=1S/C22H25N5O2S/c1-14-19(25-21(29)13-27-8-4-3-5-9-27)10-17(12-23-14)16-6-7-18-20(11-16)30-22(26-18)24-15(2)28/h6-7,10-12H,3-5,8-9,13H2,1-2H3,(H,25,29)(H,24,26,28). The van der Waals surface area contributed by atoms with Crippen LogP contribution in [0.25, 0.3) is 21.3 Å². The van der Waals surface area contributed by atoms with Crippen LogP contribution in [0.15, 0.2) is 30.5 Å². The lowest BCUT2D eigenvalue weighted by molar-refractivity contribution is -0.117. The molecular weight excluding hydrogens is 398 g/mol. The first-order valence-corrected chi connectivity index (χ1v) is 11.0. The van der Waals surface area contributed by atoms with Gasteiger partial charge in [0.05, 0.1) is 28.1 Å². The molecule has 2 amide bonds. The first-order chi connectivity index (χ1) is 14.5. The fraction of sp³-hybridized carbons (Fsp3) is 0.364. The first-order valence-electron chi connectivity index (χ1n) is 10.2. The molecule has 1 saturated heterocycles. The van der Waals surface area contributed by atoms with E-state index in [0.717, 1.165) is 58.7 Å². The van der Waals surface area contributed by atoms with Gasteiger partial charge in [-0.25, -0.2) is 4.98 Å². The monoisotopic (exact) mass is 423 g/mol. The van der Waals surface area contributed by atoms with Gasteiger partial charge in [0.2, 0.25) is 11.8 Å². The average Bonchev–Trinajstić information content (AvgIpc) is 3.11. The zero-order valence-corrected chi connectivity index (χ0v) is 18.0. The summed E-state index contributed by atoms with van der Waals surface area (Å²) in [6, 6.07) is 7.91. The predicted octanol–water partition coefficient (Wildman–Crippen LogP) is 4.05. The second kappa shape index (κ2) is 8.89. The molecule has 0 bridgehead atoms. The van der Waals surface area contributed by atoms with Gasteiger partial charge in [-0.3, -0.25) is 19.5 Å². The van der Waals surface area contributed by atoms with Crippen LogP contribution in [0.4, 0.5) is 10.8 Å². The lowest BCUT2D eigenvalue weighted by Gasteiger charge is -2.25. The Bertz CT molecular complexity index is 1090. The van der Waals surface area contributed by atoms with Crippen molar-refractivity contribution in [3.05, 3.63) is 36.2 Å². The summed E-state index contributed by atoms with van der Waals surface area (Å²) in [4.78, 5) is 34.9. The third kappa shape index (κ3) is 4.83. The zero-order chi connectivity index (χ0) is 21.1. The molecule has 156 valence electrons. The minimum atomic E-state index is -0.137. The van der Waals surface area contributed by atoms with Gasteiger partial charge in [-0.15, -0.1) is 0 Å². The fourth-order valence-electron chi connectivity index (χ4n) is 3.64. The highest BCUT2D eigenvalue weighted by Gasteiger charge is 2.15. The van der Waals surface area contributed by atoms with Crippen molar-refractivity contribution in [2.75, 3.05) is 30.3 Å². The second-order valence-electron chi connectivity index (χ2n) is 7.62. The van der Waals surface area contributed by atoms with Crippen LogP contribution in [0.5, 0.6) is 0 Å². The van der Waals surface area contributed by atoms with E-state index in [-0.39, 0.29) is 11.8 Å².